The predicted molar refractivity (Wildman–Crippen MR) is 57.4 cm³/mol. The second kappa shape index (κ2) is 8.44. The largest absolute Gasteiger partial charge is 0.329 e. The van der Waals surface area contributed by atoms with Gasteiger partial charge in [0.15, 0.2) is 0 Å². The average Bonchev–Trinajstić information content (AvgIpc) is 2.13. The Labute approximate surface area is 81.2 Å². The zero-order valence-corrected chi connectivity index (χ0v) is 8.63. The van der Waals surface area contributed by atoms with Gasteiger partial charge >= 0.3 is 0 Å². The van der Waals surface area contributed by atoms with Crippen molar-refractivity contribution in [1.29, 1.82) is 0 Å². The van der Waals surface area contributed by atoms with E-state index in [0.29, 0.717) is 0 Å². The lowest BCUT2D eigenvalue weighted by Crippen LogP contribution is -2.43. The zero-order valence-electron chi connectivity index (χ0n) is 8.63. The first-order chi connectivity index (χ1) is 6.22. The summed E-state index contributed by atoms with van der Waals surface area (Å²) in [6.45, 7) is 1.65. The van der Waals surface area contributed by atoms with Gasteiger partial charge in [-0.05, 0) is 19.9 Å². The van der Waals surface area contributed by atoms with Crippen molar-refractivity contribution < 1.29 is 0 Å². The van der Waals surface area contributed by atoms with E-state index in [-0.39, 0.29) is 12.1 Å². The molecule has 7 N–H and O–H groups in total. The number of likely N-dealkylation sites (N-methyl/N-ethyl adjacent to an activating group) is 1. The molecule has 1 aliphatic carbocycles. The van der Waals surface area contributed by atoms with E-state index < -0.39 is 0 Å². The highest BCUT2D eigenvalue weighted by Gasteiger charge is 2.16. The van der Waals surface area contributed by atoms with Crippen molar-refractivity contribution in [2.75, 3.05) is 20.1 Å². The normalized spacial score (nSPS) is 27.7. The van der Waals surface area contributed by atoms with Crippen LogP contribution in [-0.2, 0) is 0 Å². The molecule has 0 aromatic rings. The molecule has 0 saturated heterocycles. The van der Waals surface area contributed by atoms with E-state index >= 15 is 0 Å². The first kappa shape index (κ1) is 12.8. The van der Waals surface area contributed by atoms with E-state index in [1.54, 1.807) is 0 Å². The van der Waals surface area contributed by atoms with E-state index in [1.165, 1.54) is 12.8 Å². The van der Waals surface area contributed by atoms with Crippen molar-refractivity contribution in [1.82, 2.24) is 5.32 Å². The first-order valence-electron chi connectivity index (χ1n) is 5.08. The highest BCUT2D eigenvalue weighted by Crippen LogP contribution is 2.14. The van der Waals surface area contributed by atoms with Crippen molar-refractivity contribution in [3.05, 3.63) is 0 Å². The lowest BCUT2D eigenvalue weighted by molar-refractivity contribution is 0.385. The lowest BCUT2D eigenvalue weighted by atomic mass is 9.92. The van der Waals surface area contributed by atoms with Gasteiger partial charge in [0.25, 0.3) is 0 Å². The fourth-order valence-corrected chi connectivity index (χ4v) is 1.33. The van der Waals surface area contributed by atoms with E-state index in [2.05, 4.69) is 5.32 Å². The maximum absolute atomic E-state index is 5.65. The minimum atomic E-state index is 0.281. The molecule has 80 valence electrons. The molecule has 0 spiro atoms. The third kappa shape index (κ3) is 6.95. The van der Waals surface area contributed by atoms with Crippen LogP contribution in [0.2, 0.25) is 0 Å². The van der Waals surface area contributed by atoms with Crippen LogP contribution in [-0.4, -0.2) is 32.2 Å². The SMILES string of the molecule is CNCCN.NC1CCCCC1N. The summed E-state index contributed by atoms with van der Waals surface area (Å²) in [5.74, 6) is 0. The molecule has 0 aliphatic heterocycles. The van der Waals surface area contributed by atoms with E-state index in [0.717, 1.165) is 25.9 Å². The smallest absolute Gasteiger partial charge is 0.0192 e. The fourth-order valence-electron chi connectivity index (χ4n) is 1.33. The standard InChI is InChI=1S/C6H14N2.C3H10N2/c7-5-3-1-2-4-6(5)8;1-5-3-2-4/h5-6H,1-4,7-8H2;5H,2-4H2,1H3. The van der Waals surface area contributed by atoms with Gasteiger partial charge in [-0.3, -0.25) is 0 Å². The molecule has 0 heterocycles. The molecule has 4 heteroatoms. The number of nitrogens with one attached hydrogen (secondary N) is 1. The average molecular weight is 188 g/mol. The van der Waals surface area contributed by atoms with Gasteiger partial charge in [0.05, 0.1) is 0 Å². The Bertz CT molecular complexity index is 95.8. The summed E-state index contributed by atoms with van der Waals surface area (Å²) in [6.07, 6.45) is 4.80. The van der Waals surface area contributed by atoms with Crippen LogP contribution < -0.4 is 22.5 Å². The predicted octanol–water partition coefficient (Wildman–Crippen LogP) is -0.620. The molecule has 1 fully saturated rings. The molecular weight excluding hydrogens is 164 g/mol. The Morgan fingerprint density at radius 1 is 1.15 bits per heavy atom. The highest BCUT2D eigenvalue weighted by atomic mass is 14.8. The molecule has 2 atom stereocenters. The van der Waals surface area contributed by atoms with Gasteiger partial charge in [-0.2, -0.15) is 0 Å². The monoisotopic (exact) mass is 188 g/mol. The van der Waals surface area contributed by atoms with Gasteiger partial charge in [0.2, 0.25) is 0 Å². The summed E-state index contributed by atoms with van der Waals surface area (Å²) in [4.78, 5) is 0. The third-order valence-electron chi connectivity index (χ3n) is 2.27. The van der Waals surface area contributed by atoms with E-state index in [1.807, 2.05) is 7.05 Å². The van der Waals surface area contributed by atoms with Crippen LogP contribution in [0.4, 0.5) is 0 Å². The molecule has 0 bridgehead atoms. The molecule has 2 unspecified atom stereocenters. The van der Waals surface area contributed by atoms with Crippen molar-refractivity contribution >= 4 is 0 Å². The second-order valence-corrected chi connectivity index (χ2v) is 3.50. The third-order valence-corrected chi connectivity index (χ3v) is 2.27. The van der Waals surface area contributed by atoms with Crippen LogP contribution in [0.5, 0.6) is 0 Å². The molecule has 0 aromatic carbocycles. The molecular formula is C9H24N4. The molecule has 1 aliphatic rings. The van der Waals surface area contributed by atoms with Gasteiger partial charge in [-0.15, -0.1) is 0 Å². The number of hydrogen-bond donors (Lipinski definition) is 4. The van der Waals surface area contributed by atoms with Crippen LogP contribution in [0.1, 0.15) is 25.7 Å². The molecule has 1 saturated carbocycles. The summed E-state index contributed by atoms with van der Waals surface area (Å²) < 4.78 is 0. The number of nitrogens with two attached hydrogens (primary N) is 3. The van der Waals surface area contributed by atoms with Crippen molar-refractivity contribution in [3.8, 4) is 0 Å². The van der Waals surface area contributed by atoms with Crippen LogP contribution in [0.25, 0.3) is 0 Å². The van der Waals surface area contributed by atoms with Crippen molar-refractivity contribution in [3.63, 3.8) is 0 Å². The summed E-state index contributed by atoms with van der Waals surface area (Å²) in [6, 6.07) is 0.562. The Morgan fingerprint density at radius 3 is 1.77 bits per heavy atom. The van der Waals surface area contributed by atoms with Crippen LogP contribution in [0.3, 0.4) is 0 Å². The maximum Gasteiger partial charge on any atom is 0.0192 e. The molecule has 13 heavy (non-hydrogen) atoms. The topological polar surface area (TPSA) is 90.1 Å². The van der Waals surface area contributed by atoms with Gasteiger partial charge in [-0.1, -0.05) is 12.8 Å². The minimum Gasteiger partial charge on any atom is -0.329 e. The maximum atomic E-state index is 5.65. The minimum absolute atomic E-state index is 0.281. The molecule has 0 radical (unpaired) electrons. The van der Waals surface area contributed by atoms with Gasteiger partial charge < -0.3 is 22.5 Å². The Balaban J connectivity index is 0.000000252. The van der Waals surface area contributed by atoms with E-state index in [9.17, 15) is 0 Å². The fraction of sp³-hybridized carbons (Fsp3) is 1.00. The summed E-state index contributed by atoms with van der Waals surface area (Å²) in [5, 5.41) is 2.89. The summed E-state index contributed by atoms with van der Waals surface area (Å²) >= 11 is 0. The highest BCUT2D eigenvalue weighted by molar-refractivity contribution is 4.79. The van der Waals surface area contributed by atoms with Crippen LogP contribution in [0, 0.1) is 0 Å². The molecule has 0 aromatic heterocycles. The second-order valence-electron chi connectivity index (χ2n) is 3.50. The first-order valence-corrected chi connectivity index (χ1v) is 5.08. The zero-order chi connectivity index (χ0) is 10.1. The lowest BCUT2D eigenvalue weighted by Gasteiger charge is -2.24. The van der Waals surface area contributed by atoms with E-state index in [4.69, 9.17) is 17.2 Å². The van der Waals surface area contributed by atoms with Crippen LogP contribution >= 0.6 is 0 Å². The van der Waals surface area contributed by atoms with Crippen LogP contribution in [0.15, 0.2) is 0 Å². The van der Waals surface area contributed by atoms with Gasteiger partial charge in [0.1, 0.15) is 0 Å². The quantitative estimate of drug-likeness (QED) is 0.465. The van der Waals surface area contributed by atoms with Crippen molar-refractivity contribution in [2.45, 2.75) is 37.8 Å². The number of hydrogen-bond acceptors (Lipinski definition) is 4. The van der Waals surface area contributed by atoms with Gasteiger partial charge in [0, 0.05) is 25.2 Å². The molecule has 1 rings (SSSR count). The summed E-state index contributed by atoms with van der Waals surface area (Å²) in [5.41, 5.74) is 16.4. The molecule has 0 amide bonds. The Kier molecular flexibility index (Phi) is 8.33. The Morgan fingerprint density at radius 2 is 1.62 bits per heavy atom. The van der Waals surface area contributed by atoms with Crippen molar-refractivity contribution in [2.24, 2.45) is 17.2 Å². The molecule has 4 nitrogen and oxygen atoms in total. The number of rotatable bonds is 2. The Hall–Kier alpha value is -0.160. The summed E-state index contributed by atoms with van der Waals surface area (Å²) in [7, 11) is 1.88. The van der Waals surface area contributed by atoms with Gasteiger partial charge in [-0.25, -0.2) is 0 Å².